The smallest absolute Gasteiger partial charge is 0.243 e. The van der Waals surface area contributed by atoms with Gasteiger partial charge in [0.1, 0.15) is 17.9 Å². The predicted molar refractivity (Wildman–Crippen MR) is 55.4 cm³/mol. The minimum Gasteiger partial charge on any atom is -0.243 e. The molecule has 2 heterocycles. The predicted octanol–water partition coefficient (Wildman–Crippen LogP) is 1.23. The van der Waals surface area contributed by atoms with Gasteiger partial charge in [-0.3, -0.25) is 0 Å². The van der Waals surface area contributed by atoms with E-state index in [1.54, 1.807) is 6.20 Å². The SMILES string of the molecule is c1ccc2nc(-[n+]3ccc[nH]3)cnc2c1. The van der Waals surface area contributed by atoms with Crippen LogP contribution in [0.2, 0.25) is 0 Å². The Kier molecular flexibility index (Phi) is 1.71. The van der Waals surface area contributed by atoms with Crippen molar-refractivity contribution in [3.05, 3.63) is 48.9 Å². The molecule has 0 aliphatic heterocycles. The van der Waals surface area contributed by atoms with Crippen molar-refractivity contribution in [2.45, 2.75) is 0 Å². The first kappa shape index (κ1) is 8.11. The van der Waals surface area contributed by atoms with Gasteiger partial charge >= 0.3 is 5.82 Å². The molecule has 3 rings (SSSR count). The zero-order valence-corrected chi connectivity index (χ0v) is 7.96. The molecule has 0 bridgehead atoms. The van der Waals surface area contributed by atoms with Crippen molar-refractivity contribution in [2.24, 2.45) is 0 Å². The lowest BCUT2D eigenvalue weighted by Gasteiger charge is -1.92. The highest BCUT2D eigenvalue weighted by molar-refractivity contribution is 5.73. The lowest BCUT2D eigenvalue weighted by molar-refractivity contribution is -0.658. The van der Waals surface area contributed by atoms with E-state index >= 15 is 0 Å². The Hall–Kier alpha value is -2.23. The van der Waals surface area contributed by atoms with E-state index in [1.807, 2.05) is 47.4 Å². The molecule has 72 valence electrons. The van der Waals surface area contributed by atoms with Gasteiger partial charge in [0, 0.05) is 6.20 Å². The van der Waals surface area contributed by atoms with Gasteiger partial charge in [0.2, 0.25) is 5.52 Å². The monoisotopic (exact) mass is 197 g/mol. The maximum Gasteiger partial charge on any atom is 0.365 e. The molecule has 15 heavy (non-hydrogen) atoms. The number of fused-ring (bicyclic) bond motifs is 1. The molecule has 0 aliphatic carbocycles. The molecule has 0 fully saturated rings. The Bertz CT molecular complexity index is 586. The van der Waals surface area contributed by atoms with Crippen LogP contribution in [0, 0.1) is 0 Å². The Labute approximate surface area is 86.2 Å². The molecule has 3 aromatic rings. The van der Waals surface area contributed by atoms with E-state index < -0.39 is 0 Å². The van der Waals surface area contributed by atoms with Crippen LogP contribution in [0.25, 0.3) is 16.9 Å². The van der Waals surface area contributed by atoms with Gasteiger partial charge in [-0.25, -0.2) is 10.1 Å². The zero-order valence-electron chi connectivity index (χ0n) is 7.96. The number of nitrogens with zero attached hydrogens (tertiary/aromatic N) is 3. The molecule has 0 spiro atoms. The van der Waals surface area contributed by atoms with Crippen LogP contribution in [0.15, 0.2) is 48.9 Å². The van der Waals surface area contributed by atoms with Gasteiger partial charge in [-0.15, -0.1) is 4.68 Å². The third-order valence-corrected chi connectivity index (χ3v) is 2.23. The minimum absolute atomic E-state index is 0.790. The number of aromatic amines is 1. The fraction of sp³-hybridized carbons (Fsp3) is 0. The normalized spacial score (nSPS) is 10.7. The summed E-state index contributed by atoms with van der Waals surface area (Å²) in [6.07, 6.45) is 5.49. The number of benzene rings is 1. The van der Waals surface area contributed by atoms with Crippen LogP contribution in [0.3, 0.4) is 0 Å². The van der Waals surface area contributed by atoms with Gasteiger partial charge in [-0.2, -0.15) is 0 Å². The van der Waals surface area contributed by atoms with Crippen LogP contribution < -0.4 is 4.68 Å². The van der Waals surface area contributed by atoms with Crippen molar-refractivity contribution in [2.75, 3.05) is 0 Å². The summed E-state index contributed by atoms with van der Waals surface area (Å²) in [5, 5.41) is 3.03. The molecule has 2 aromatic heterocycles. The molecular weight excluding hydrogens is 188 g/mol. The summed E-state index contributed by atoms with van der Waals surface area (Å²) in [6, 6.07) is 9.73. The first-order valence-corrected chi connectivity index (χ1v) is 4.71. The lowest BCUT2D eigenvalue weighted by atomic mass is 10.3. The van der Waals surface area contributed by atoms with Gasteiger partial charge in [0.25, 0.3) is 0 Å². The Morgan fingerprint density at radius 1 is 1.07 bits per heavy atom. The number of hydrogen-bond acceptors (Lipinski definition) is 2. The molecular formula is C11H9N4+. The third-order valence-electron chi connectivity index (χ3n) is 2.23. The van der Waals surface area contributed by atoms with Crippen LogP contribution in [0.4, 0.5) is 0 Å². The van der Waals surface area contributed by atoms with Crippen LogP contribution in [-0.4, -0.2) is 15.1 Å². The zero-order chi connectivity index (χ0) is 10.1. The van der Waals surface area contributed by atoms with E-state index in [-0.39, 0.29) is 0 Å². The largest absolute Gasteiger partial charge is 0.365 e. The van der Waals surface area contributed by atoms with Crippen LogP contribution in [0.5, 0.6) is 0 Å². The second-order valence-electron chi connectivity index (χ2n) is 3.22. The maximum absolute atomic E-state index is 4.49. The summed E-state index contributed by atoms with van der Waals surface area (Å²) in [5.74, 6) is 0.790. The quantitative estimate of drug-likeness (QED) is 0.596. The molecule has 1 N–H and O–H groups in total. The Morgan fingerprint density at radius 3 is 2.73 bits per heavy atom. The van der Waals surface area contributed by atoms with E-state index in [0.717, 1.165) is 16.9 Å². The number of nitrogens with one attached hydrogen (secondary N) is 1. The van der Waals surface area contributed by atoms with Crippen molar-refractivity contribution in [1.29, 1.82) is 0 Å². The molecule has 0 saturated heterocycles. The van der Waals surface area contributed by atoms with Crippen LogP contribution in [0.1, 0.15) is 0 Å². The molecule has 0 amide bonds. The van der Waals surface area contributed by atoms with Gasteiger partial charge in [0.15, 0.2) is 0 Å². The fourth-order valence-electron chi connectivity index (χ4n) is 1.50. The summed E-state index contributed by atoms with van der Waals surface area (Å²) >= 11 is 0. The van der Waals surface area contributed by atoms with Crippen LogP contribution >= 0.6 is 0 Å². The number of aromatic nitrogens is 4. The van der Waals surface area contributed by atoms with Gasteiger partial charge in [0.05, 0.1) is 0 Å². The topological polar surface area (TPSA) is 45.5 Å². The molecule has 4 nitrogen and oxygen atoms in total. The Balaban J connectivity index is 2.22. The summed E-state index contributed by atoms with van der Waals surface area (Å²) in [6.45, 7) is 0. The van der Waals surface area contributed by atoms with E-state index in [1.165, 1.54) is 0 Å². The average molecular weight is 197 g/mol. The highest BCUT2D eigenvalue weighted by atomic mass is 15.3. The molecule has 0 radical (unpaired) electrons. The molecule has 1 aromatic carbocycles. The molecule has 0 atom stereocenters. The summed E-state index contributed by atoms with van der Waals surface area (Å²) < 4.78 is 1.82. The number of H-pyrrole nitrogens is 1. The Morgan fingerprint density at radius 2 is 1.93 bits per heavy atom. The van der Waals surface area contributed by atoms with Crippen molar-refractivity contribution in [3.63, 3.8) is 0 Å². The van der Waals surface area contributed by atoms with Crippen molar-refractivity contribution < 1.29 is 4.68 Å². The fourth-order valence-corrected chi connectivity index (χ4v) is 1.50. The van der Waals surface area contributed by atoms with Gasteiger partial charge in [-0.05, 0) is 23.2 Å². The molecule has 4 heteroatoms. The van der Waals surface area contributed by atoms with Gasteiger partial charge < -0.3 is 0 Å². The average Bonchev–Trinajstić information content (AvgIpc) is 2.82. The van der Waals surface area contributed by atoms with Gasteiger partial charge in [-0.1, -0.05) is 12.1 Å². The lowest BCUT2D eigenvalue weighted by Crippen LogP contribution is -2.32. The number of para-hydroxylation sites is 2. The maximum atomic E-state index is 4.49. The highest BCUT2D eigenvalue weighted by Gasteiger charge is 2.10. The first-order valence-electron chi connectivity index (χ1n) is 4.71. The number of hydrogen-bond donors (Lipinski definition) is 1. The van der Waals surface area contributed by atoms with E-state index in [4.69, 9.17) is 0 Å². The van der Waals surface area contributed by atoms with Crippen molar-refractivity contribution in [3.8, 4) is 5.82 Å². The highest BCUT2D eigenvalue weighted by Crippen LogP contribution is 2.07. The summed E-state index contributed by atoms with van der Waals surface area (Å²) in [5.41, 5.74) is 1.81. The third kappa shape index (κ3) is 1.36. The minimum atomic E-state index is 0.790. The number of rotatable bonds is 1. The standard InChI is InChI=1S/C11H8N4/c1-2-5-10-9(4-1)12-8-11(14-10)15-7-3-6-13-15/h1-8H/p+1. The van der Waals surface area contributed by atoms with E-state index in [0.29, 0.717) is 0 Å². The second kappa shape index (κ2) is 3.16. The van der Waals surface area contributed by atoms with Crippen molar-refractivity contribution in [1.82, 2.24) is 15.1 Å². The molecule has 0 saturated carbocycles. The van der Waals surface area contributed by atoms with Crippen LogP contribution in [-0.2, 0) is 0 Å². The summed E-state index contributed by atoms with van der Waals surface area (Å²) in [7, 11) is 0. The molecule has 0 aliphatic rings. The van der Waals surface area contributed by atoms with E-state index in [9.17, 15) is 0 Å². The molecule has 0 unspecified atom stereocenters. The second-order valence-corrected chi connectivity index (χ2v) is 3.22. The first-order chi connectivity index (χ1) is 7.43. The van der Waals surface area contributed by atoms with E-state index in [2.05, 4.69) is 15.1 Å². The van der Waals surface area contributed by atoms with Crippen molar-refractivity contribution >= 4 is 11.0 Å². The summed E-state index contributed by atoms with van der Waals surface area (Å²) in [4.78, 5) is 8.82.